The van der Waals surface area contributed by atoms with Crippen molar-refractivity contribution in [3.8, 4) is 21.6 Å². The van der Waals surface area contributed by atoms with Gasteiger partial charge >= 0.3 is 6.16 Å². The van der Waals surface area contributed by atoms with Gasteiger partial charge in [-0.25, -0.2) is 13.6 Å². The number of ether oxygens (including phenoxy) is 3. The molecule has 2 aromatic carbocycles. The van der Waals surface area contributed by atoms with E-state index in [0.29, 0.717) is 11.1 Å². The van der Waals surface area contributed by atoms with E-state index in [0.717, 1.165) is 29.2 Å². The number of carbonyl (C=O) groups is 2. The molecule has 1 aromatic heterocycles. The SMILES string of the molecule is COC(=O)OC1=C2C(=O)N3CCOCC3N(C3c4ccccc4-c4sccc4-c4c3ccc(F)c4F)N2C=CC1O. The van der Waals surface area contributed by atoms with E-state index in [-0.39, 0.29) is 36.8 Å². The number of hydrogen-bond acceptors (Lipinski definition) is 9. The number of hydrazine groups is 1. The molecule has 210 valence electrons. The van der Waals surface area contributed by atoms with Crippen molar-refractivity contribution in [2.45, 2.75) is 18.3 Å². The fraction of sp³-hybridized carbons (Fsp3) is 0.241. The minimum Gasteiger partial charge on any atom is -0.437 e. The lowest BCUT2D eigenvalue weighted by Gasteiger charge is -2.55. The van der Waals surface area contributed by atoms with Crippen LogP contribution in [0, 0.1) is 11.6 Å². The number of benzene rings is 2. The Kier molecular flexibility index (Phi) is 6.16. The molecule has 3 aromatic rings. The number of amides is 1. The van der Waals surface area contributed by atoms with Crippen molar-refractivity contribution in [3.05, 3.63) is 94.3 Å². The van der Waals surface area contributed by atoms with Crippen LogP contribution in [0.2, 0.25) is 0 Å². The quantitative estimate of drug-likeness (QED) is 0.448. The van der Waals surface area contributed by atoms with E-state index in [1.165, 1.54) is 28.6 Å². The number of fused-ring (bicyclic) bond motifs is 7. The molecule has 1 aliphatic carbocycles. The maximum Gasteiger partial charge on any atom is 0.513 e. The first-order chi connectivity index (χ1) is 19.9. The number of rotatable bonds is 2. The minimum atomic E-state index is -1.41. The van der Waals surface area contributed by atoms with Crippen LogP contribution < -0.4 is 0 Å². The highest BCUT2D eigenvalue weighted by Crippen LogP contribution is 2.52. The van der Waals surface area contributed by atoms with Gasteiger partial charge in [0.05, 0.1) is 26.4 Å². The summed E-state index contributed by atoms with van der Waals surface area (Å²) in [6.45, 7) is 0.609. The van der Waals surface area contributed by atoms with E-state index >= 15 is 4.39 Å². The van der Waals surface area contributed by atoms with Crippen molar-refractivity contribution in [1.82, 2.24) is 14.9 Å². The number of morpholine rings is 1. The smallest absolute Gasteiger partial charge is 0.437 e. The fourth-order valence-electron chi connectivity index (χ4n) is 6.01. The van der Waals surface area contributed by atoms with Crippen LogP contribution in [0.4, 0.5) is 13.6 Å². The summed E-state index contributed by atoms with van der Waals surface area (Å²) in [5.41, 5.74) is 2.69. The lowest BCUT2D eigenvalue weighted by Crippen LogP contribution is -2.68. The molecule has 4 aliphatic rings. The lowest BCUT2D eigenvalue weighted by molar-refractivity contribution is -0.190. The average Bonchev–Trinajstić information content (AvgIpc) is 3.43. The van der Waals surface area contributed by atoms with Crippen LogP contribution >= 0.6 is 11.3 Å². The van der Waals surface area contributed by atoms with Crippen LogP contribution in [0.1, 0.15) is 17.2 Å². The maximum absolute atomic E-state index is 15.8. The van der Waals surface area contributed by atoms with Gasteiger partial charge in [-0.3, -0.25) is 9.80 Å². The fourth-order valence-corrected chi connectivity index (χ4v) is 6.96. The molecule has 41 heavy (non-hydrogen) atoms. The molecule has 12 heteroatoms. The van der Waals surface area contributed by atoms with Gasteiger partial charge in [-0.05, 0) is 40.3 Å². The molecule has 9 nitrogen and oxygen atoms in total. The van der Waals surface area contributed by atoms with Gasteiger partial charge in [0, 0.05) is 28.7 Å². The maximum atomic E-state index is 15.8. The number of thiophene rings is 1. The van der Waals surface area contributed by atoms with Gasteiger partial charge in [0.2, 0.25) is 0 Å². The van der Waals surface area contributed by atoms with E-state index in [1.54, 1.807) is 17.0 Å². The van der Waals surface area contributed by atoms with Gasteiger partial charge in [0.15, 0.2) is 23.1 Å². The molecule has 0 bridgehead atoms. The Labute approximate surface area is 237 Å². The molecule has 2 saturated heterocycles. The predicted molar refractivity (Wildman–Crippen MR) is 143 cm³/mol. The van der Waals surface area contributed by atoms with Crippen LogP contribution in [-0.4, -0.2) is 71.2 Å². The van der Waals surface area contributed by atoms with Gasteiger partial charge in [-0.1, -0.05) is 30.3 Å². The Morgan fingerprint density at radius 2 is 1.95 bits per heavy atom. The zero-order chi connectivity index (χ0) is 28.4. The number of aliphatic hydroxyl groups is 1. The van der Waals surface area contributed by atoms with Crippen LogP contribution in [0.5, 0.6) is 0 Å². The van der Waals surface area contributed by atoms with Crippen molar-refractivity contribution in [2.24, 2.45) is 0 Å². The number of hydrogen-bond donors (Lipinski definition) is 1. The van der Waals surface area contributed by atoms with E-state index < -0.39 is 42.0 Å². The minimum absolute atomic E-state index is 0.0933. The summed E-state index contributed by atoms with van der Waals surface area (Å²) in [5.74, 6) is -2.73. The summed E-state index contributed by atoms with van der Waals surface area (Å²) < 4.78 is 46.4. The van der Waals surface area contributed by atoms with Crippen molar-refractivity contribution >= 4 is 23.4 Å². The van der Waals surface area contributed by atoms with Crippen molar-refractivity contribution in [3.63, 3.8) is 0 Å². The lowest BCUT2D eigenvalue weighted by atomic mass is 9.91. The molecule has 0 saturated carbocycles. The molecule has 1 amide bonds. The van der Waals surface area contributed by atoms with Crippen LogP contribution in [0.25, 0.3) is 21.6 Å². The molecular weight excluding hydrogens is 556 g/mol. The second-order valence-corrected chi connectivity index (χ2v) is 10.7. The van der Waals surface area contributed by atoms with Crippen molar-refractivity contribution in [1.29, 1.82) is 0 Å². The summed E-state index contributed by atoms with van der Waals surface area (Å²) in [6.07, 6.45) is -0.299. The Morgan fingerprint density at radius 1 is 1.12 bits per heavy atom. The number of halogens is 2. The average molecular weight is 580 g/mol. The van der Waals surface area contributed by atoms with E-state index in [2.05, 4.69) is 4.74 Å². The largest absolute Gasteiger partial charge is 0.513 e. The first-order valence-corrected chi connectivity index (χ1v) is 13.8. The number of nitrogens with zero attached hydrogens (tertiary/aromatic N) is 3. The molecule has 3 atom stereocenters. The number of methoxy groups -OCH3 is 1. The van der Waals surface area contributed by atoms with Gasteiger partial charge in [-0.15, -0.1) is 11.3 Å². The third-order valence-electron chi connectivity index (χ3n) is 7.74. The molecule has 3 unspecified atom stereocenters. The zero-order valence-electron chi connectivity index (χ0n) is 21.6. The highest BCUT2D eigenvalue weighted by Gasteiger charge is 2.51. The van der Waals surface area contributed by atoms with E-state index in [1.807, 2.05) is 34.7 Å². The highest BCUT2D eigenvalue weighted by atomic mass is 32.1. The molecule has 0 radical (unpaired) electrons. The summed E-state index contributed by atoms with van der Waals surface area (Å²) >= 11 is 1.43. The van der Waals surface area contributed by atoms with Gasteiger partial charge < -0.3 is 24.2 Å². The van der Waals surface area contributed by atoms with Gasteiger partial charge in [-0.2, -0.15) is 5.01 Å². The molecule has 4 heterocycles. The monoisotopic (exact) mass is 579 g/mol. The summed E-state index contributed by atoms with van der Waals surface area (Å²) in [6, 6.07) is 11.3. The predicted octanol–water partition coefficient (Wildman–Crippen LogP) is 4.36. The van der Waals surface area contributed by atoms with Gasteiger partial charge in [0.1, 0.15) is 12.3 Å². The Hall–Kier alpha value is -4.10. The summed E-state index contributed by atoms with van der Waals surface area (Å²) in [4.78, 5) is 28.4. The zero-order valence-corrected chi connectivity index (χ0v) is 22.4. The highest BCUT2D eigenvalue weighted by molar-refractivity contribution is 7.14. The van der Waals surface area contributed by atoms with E-state index in [4.69, 9.17) is 9.47 Å². The van der Waals surface area contributed by atoms with Crippen molar-refractivity contribution < 1.29 is 37.7 Å². The first kappa shape index (κ1) is 25.8. The normalized spacial score (nSPS) is 23.2. The molecule has 1 N–H and O–H groups in total. The molecule has 3 aliphatic heterocycles. The number of carbonyl (C=O) groups excluding carboxylic acids is 2. The second kappa shape index (κ2) is 9.77. The first-order valence-electron chi connectivity index (χ1n) is 12.9. The van der Waals surface area contributed by atoms with Crippen LogP contribution in [-0.2, 0) is 19.0 Å². The summed E-state index contributed by atoms with van der Waals surface area (Å²) in [5, 5.41) is 16.0. The van der Waals surface area contributed by atoms with Crippen molar-refractivity contribution in [2.75, 3.05) is 26.9 Å². The Morgan fingerprint density at radius 3 is 2.78 bits per heavy atom. The third-order valence-corrected chi connectivity index (χ3v) is 8.69. The van der Waals surface area contributed by atoms with Crippen LogP contribution in [0.15, 0.2) is 71.6 Å². The summed E-state index contributed by atoms with van der Waals surface area (Å²) in [7, 11) is 1.12. The molecule has 0 spiro atoms. The Bertz CT molecular complexity index is 1650. The standard InChI is InChI=1S/C29H23F2N3O6S/c1-38-29(37)40-26-20(35)8-10-33-25(26)28(36)32-11-12-39-14-21(32)34(33)24-15-4-2-3-5-16(15)27-18(9-13-41-27)22-17(24)6-7-19(30)23(22)31/h2-10,13,20-21,24,35H,11-12,14H2,1H3. The second-order valence-electron chi connectivity index (χ2n) is 9.81. The molecule has 2 fully saturated rings. The number of aliphatic hydroxyl groups excluding tert-OH is 1. The Balaban J connectivity index is 1.52. The third kappa shape index (κ3) is 3.82. The molecule has 7 rings (SSSR count). The van der Waals surface area contributed by atoms with Crippen LogP contribution in [0.3, 0.4) is 0 Å². The topological polar surface area (TPSA) is 91.8 Å². The molecular formula is C29H23F2N3O6S. The van der Waals surface area contributed by atoms with E-state index in [9.17, 15) is 19.1 Å². The van der Waals surface area contributed by atoms with Gasteiger partial charge in [0.25, 0.3) is 5.91 Å².